The molecule has 20 heavy (non-hydrogen) atoms. The highest BCUT2D eigenvalue weighted by Gasteiger charge is 2.30. The van der Waals surface area contributed by atoms with Crippen molar-refractivity contribution in [3.8, 4) is 0 Å². The van der Waals surface area contributed by atoms with Crippen LogP contribution in [0.2, 0.25) is 0 Å². The minimum atomic E-state index is -0.784. The molecule has 0 spiro atoms. The van der Waals surface area contributed by atoms with Gasteiger partial charge in [-0.25, -0.2) is 4.79 Å². The Kier molecular flexibility index (Phi) is 4.82. The van der Waals surface area contributed by atoms with Gasteiger partial charge in [0.05, 0.1) is 6.26 Å². The molecule has 2 rings (SSSR count). The molecule has 1 aromatic rings. The Hall–Kier alpha value is -1.78. The van der Waals surface area contributed by atoms with Crippen LogP contribution < -0.4 is 5.32 Å². The van der Waals surface area contributed by atoms with Crippen LogP contribution >= 0.6 is 0 Å². The fourth-order valence-electron chi connectivity index (χ4n) is 2.41. The highest BCUT2D eigenvalue weighted by atomic mass is 16.6. The van der Waals surface area contributed by atoms with Crippen LogP contribution in [0.25, 0.3) is 0 Å². The Morgan fingerprint density at radius 3 is 2.60 bits per heavy atom. The molecule has 1 amide bonds. The van der Waals surface area contributed by atoms with Gasteiger partial charge in [0.1, 0.15) is 0 Å². The summed E-state index contributed by atoms with van der Waals surface area (Å²) in [5.41, 5.74) is 0. The summed E-state index contributed by atoms with van der Waals surface area (Å²) in [4.78, 5) is 24.1. The summed E-state index contributed by atoms with van der Waals surface area (Å²) in [7, 11) is 0. The summed E-state index contributed by atoms with van der Waals surface area (Å²) in [5.74, 6) is -0.790. The average molecular weight is 279 g/mol. The van der Waals surface area contributed by atoms with Gasteiger partial charge in [0.25, 0.3) is 5.91 Å². The molecular weight excluding hydrogens is 258 g/mol. The molecule has 1 aliphatic rings. The van der Waals surface area contributed by atoms with E-state index in [2.05, 4.69) is 5.32 Å². The highest BCUT2D eigenvalue weighted by molar-refractivity contribution is 5.90. The molecule has 0 bridgehead atoms. The number of rotatable bonds is 5. The first-order chi connectivity index (χ1) is 9.58. The van der Waals surface area contributed by atoms with Crippen molar-refractivity contribution in [2.24, 2.45) is 5.92 Å². The standard InChI is InChI=1S/C15H21NO4/c1-10(2)13(14(17)16-11-6-3-4-7-11)20-15(18)12-8-5-9-19-12/h5,8-11,13H,3-4,6-7H2,1-2H3,(H,16,17)/t13-/m0/s1. The van der Waals surface area contributed by atoms with Crippen LogP contribution in [0.3, 0.4) is 0 Å². The van der Waals surface area contributed by atoms with Crippen molar-refractivity contribution in [3.05, 3.63) is 24.2 Å². The molecule has 5 heteroatoms. The van der Waals surface area contributed by atoms with Gasteiger partial charge >= 0.3 is 5.97 Å². The predicted molar refractivity (Wildman–Crippen MR) is 73.1 cm³/mol. The number of hydrogen-bond donors (Lipinski definition) is 1. The Morgan fingerprint density at radius 2 is 2.05 bits per heavy atom. The number of hydrogen-bond acceptors (Lipinski definition) is 4. The lowest BCUT2D eigenvalue weighted by atomic mass is 10.1. The number of ether oxygens (including phenoxy) is 1. The monoisotopic (exact) mass is 279 g/mol. The molecule has 0 radical (unpaired) electrons. The first kappa shape index (κ1) is 14.6. The van der Waals surface area contributed by atoms with E-state index >= 15 is 0 Å². The average Bonchev–Trinajstić information content (AvgIpc) is 3.07. The molecule has 0 aliphatic heterocycles. The summed E-state index contributed by atoms with van der Waals surface area (Å²) in [6, 6.07) is 3.35. The van der Waals surface area contributed by atoms with Gasteiger partial charge in [-0.05, 0) is 30.9 Å². The van der Waals surface area contributed by atoms with Crippen LogP contribution in [0, 0.1) is 5.92 Å². The van der Waals surface area contributed by atoms with Crippen LogP contribution in [0.1, 0.15) is 50.1 Å². The van der Waals surface area contributed by atoms with Crippen LogP contribution in [-0.4, -0.2) is 24.0 Å². The van der Waals surface area contributed by atoms with Crippen molar-refractivity contribution < 1.29 is 18.7 Å². The molecule has 0 aromatic carbocycles. The number of esters is 1. The van der Waals surface area contributed by atoms with E-state index in [1.807, 2.05) is 13.8 Å². The molecule has 1 aromatic heterocycles. The Bertz CT molecular complexity index is 446. The maximum atomic E-state index is 12.2. The van der Waals surface area contributed by atoms with Crippen LogP contribution in [0.15, 0.2) is 22.8 Å². The highest BCUT2D eigenvalue weighted by Crippen LogP contribution is 2.19. The lowest BCUT2D eigenvalue weighted by molar-refractivity contribution is -0.133. The van der Waals surface area contributed by atoms with Crippen molar-refractivity contribution in [1.29, 1.82) is 0 Å². The van der Waals surface area contributed by atoms with Gasteiger partial charge in [0.15, 0.2) is 6.10 Å². The van der Waals surface area contributed by atoms with E-state index in [0.29, 0.717) is 0 Å². The first-order valence-electron chi connectivity index (χ1n) is 7.13. The van der Waals surface area contributed by atoms with Crippen molar-refractivity contribution >= 4 is 11.9 Å². The molecule has 5 nitrogen and oxygen atoms in total. The molecule has 1 heterocycles. The normalized spacial score (nSPS) is 17.1. The van der Waals surface area contributed by atoms with Crippen LogP contribution in [-0.2, 0) is 9.53 Å². The fourth-order valence-corrected chi connectivity index (χ4v) is 2.41. The minimum Gasteiger partial charge on any atom is -0.457 e. The largest absolute Gasteiger partial charge is 0.457 e. The van der Waals surface area contributed by atoms with E-state index in [0.717, 1.165) is 25.7 Å². The number of carbonyl (C=O) groups excluding carboxylic acids is 2. The quantitative estimate of drug-likeness (QED) is 0.841. The third-order valence-corrected chi connectivity index (χ3v) is 3.52. The smallest absolute Gasteiger partial charge is 0.375 e. The van der Waals surface area contributed by atoms with Gasteiger partial charge in [-0.2, -0.15) is 0 Å². The van der Waals surface area contributed by atoms with E-state index in [1.165, 1.54) is 12.3 Å². The zero-order valence-corrected chi connectivity index (χ0v) is 11.9. The second-order valence-corrected chi connectivity index (χ2v) is 5.54. The third-order valence-electron chi connectivity index (χ3n) is 3.52. The lowest BCUT2D eigenvalue weighted by Gasteiger charge is -2.22. The second kappa shape index (κ2) is 6.59. The van der Waals surface area contributed by atoms with Gasteiger partial charge in [-0.3, -0.25) is 4.79 Å². The zero-order chi connectivity index (χ0) is 14.5. The second-order valence-electron chi connectivity index (χ2n) is 5.54. The van der Waals surface area contributed by atoms with E-state index in [1.54, 1.807) is 6.07 Å². The van der Waals surface area contributed by atoms with Gasteiger partial charge in [-0.15, -0.1) is 0 Å². The Labute approximate surface area is 118 Å². The van der Waals surface area contributed by atoms with Crippen molar-refractivity contribution in [1.82, 2.24) is 5.32 Å². The molecule has 1 aliphatic carbocycles. The Morgan fingerprint density at radius 1 is 1.35 bits per heavy atom. The fraction of sp³-hybridized carbons (Fsp3) is 0.600. The first-order valence-corrected chi connectivity index (χ1v) is 7.13. The topological polar surface area (TPSA) is 68.5 Å². The molecular formula is C15H21NO4. The molecule has 1 N–H and O–H groups in total. The third kappa shape index (κ3) is 3.62. The minimum absolute atomic E-state index is 0.0877. The van der Waals surface area contributed by atoms with E-state index in [-0.39, 0.29) is 23.6 Å². The van der Waals surface area contributed by atoms with Crippen molar-refractivity contribution in [2.75, 3.05) is 0 Å². The van der Waals surface area contributed by atoms with Gasteiger partial charge in [0.2, 0.25) is 5.76 Å². The number of amides is 1. The molecule has 1 fully saturated rings. The van der Waals surface area contributed by atoms with E-state index in [4.69, 9.17) is 9.15 Å². The SMILES string of the molecule is CC(C)[C@H](OC(=O)c1ccco1)C(=O)NC1CCCC1. The maximum Gasteiger partial charge on any atom is 0.375 e. The van der Waals surface area contributed by atoms with Gasteiger partial charge in [0, 0.05) is 6.04 Å². The summed E-state index contributed by atoms with van der Waals surface area (Å²) in [5, 5.41) is 2.96. The molecule has 110 valence electrons. The lowest BCUT2D eigenvalue weighted by Crippen LogP contribution is -2.44. The summed E-state index contributed by atoms with van der Waals surface area (Å²) in [6.45, 7) is 3.71. The van der Waals surface area contributed by atoms with Crippen LogP contribution in [0.4, 0.5) is 0 Å². The molecule has 1 saturated carbocycles. The summed E-state index contributed by atoms with van der Waals surface area (Å²) in [6.07, 6.45) is 4.91. The molecule has 0 saturated heterocycles. The molecule has 0 unspecified atom stereocenters. The summed E-state index contributed by atoms with van der Waals surface area (Å²) >= 11 is 0. The number of nitrogens with one attached hydrogen (secondary N) is 1. The van der Waals surface area contributed by atoms with Gasteiger partial charge < -0.3 is 14.5 Å². The van der Waals surface area contributed by atoms with E-state index in [9.17, 15) is 9.59 Å². The maximum absolute atomic E-state index is 12.2. The summed E-state index contributed by atoms with van der Waals surface area (Å²) < 4.78 is 10.3. The number of carbonyl (C=O) groups is 2. The van der Waals surface area contributed by atoms with E-state index < -0.39 is 12.1 Å². The van der Waals surface area contributed by atoms with Crippen molar-refractivity contribution in [2.45, 2.75) is 51.7 Å². The van der Waals surface area contributed by atoms with Gasteiger partial charge in [-0.1, -0.05) is 26.7 Å². The molecule has 1 atom stereocenters. The number of furan rings is 1. The zero-order valence-electron chi connectivity index (χ0n) is 11.9. The predicted octanol–water partition coefficient (Wildman–Crippen LogP) is 2.52. The van der Waals surface area contributed by atoms with Crippen molar-refractivity contribution in [3.63, 3.8) is 0 Å². The Balaban J connectivity index is 1.95. The van der Waals surface area contributed by atoms with Crippen LogP contribution in [0.5, 0.6) is 0 Å².